The van der Waals surface area contributed by atoms with E-state index in [4.69, 9.17) is 22.9 Å². The first kappa shape index (κ1) is 23.1. The Kier molecular flexibility index (Phi) is 7.15. The Labute approximate surface area is 194 Å². The van der Waals surface area contributed by atoms with Gasteiger partial charge in [0.15, 0.2) is 0 Å². The van der Waals surface area contributed by atoms with Gasteiger partial charge in [0, 0.05) is 19.8 Å². The van der Waals surface area contributed by atoms with Crippen LogP contribution in [0.4, 0.5) is 34.1 Å². The molecular weight excluding hydrogens is 412 g/mol. The number of anilines is 6. The summed E-state index contributed by atoms with van der Waals surface area (Å²) in [4.78, 5) is 0. The molecule has 0 aliphatic rings. The van der Waals surface area contributed by atoms with Crippen molar-refractivity contribution in [3.63, 3.8) is 0 Å². The Bertz CT molecular complexity index is 1240. The molecule has 11 N–H and O–H groups in total. The van der Waals surface area contributed by atoms with Crippen molar-refractivity contribution >= 4 is 34.1 Å². The Hall–Kier alpha value is -4.52. The minimum absolute atomic E-state index is 0.0883. The first-order valence-corrected chi connectivity index (χ1v) is 10.4. The van der Waals surface area contributed by atoms with E-state index in [0.29, 0.717) is 11.4 Å². The lowest BCUT2D eigenvalue weighted by Crippen LogP contribution is -1.95. The topological polar surface area (TPSA) is 148 Å². The molecule has 4 rings (SSSR count). The maximum absolute atomic E-state index is 9.58. The zero-order valence-electron chi connectivity index (χ0n) is 18.8. The highest BCUT2D eigenvalue weighted by molar-refractivity contribution is 5.78. The molecule has 0 atom stereocenters. The molecule has 7 nitrogen and oxygen atoms in total. The molecule has 0 heterocycles. The van der Waals surface area contributed by atoms with Crippen LogP contribution >= 0.6 is 0 Å². The third-order valence-corrected chi connectivity index (χ3v) is 5.25. The predicted molar refractivity (Wildman–Crippen MR) is 142 cm³/mol. The first-order valence-electron chi connectivity index (χ1n) is 10.4. The molecule has 0 unspecified atom stereocenters. The molecule has 0 fully saturated rings. The molecule has 4 aromatic rings. The van der Waals surface area contributed by atoms with Gasteiger partial charge in [0.05, 0.1) is 28.4 Å². The third-order valence-electron chi connectivity index (χ3n) is 5.25. The number of hydrogen-bond acceptors (Lipinski definition) is 7. The maximum Gasteiger partial charge on any atom is 0.139 e. The number of hydrogen-bond donors (Lipinski definition) is 7. The van der Waals surface area contributed by atoms with Crippen molar-refractivity contribution in [3.05, 3.63) is 78.9 Å². The zero-order valence-corrected chi connectivity index (χ0v) is 18.8. The summed E-state index contributed by atoms with van der Waals surface area (Å²) >= 11 is 0. The van der Waals surface area contributed by atoms with Gasteiger partial charge < -0.3 is 38.7 Å². The Morgan fingerprint density at radius 2 is 0.909 bits per heavy atom. The van der Waals surface area contributed by atoms with E-state index < -0.39 is 0 Å². The van der Waals surface area contributed by atoms with Crippen LogP contribution in [0.3, 0.4) is 0 Å². The van der Waals surface area contributed by atoms with E-state index in [9.17, 15) is 5.11 Å². The van der Waals surface area contributed by atoms with E-state index in [1.807, 2.05) is 80.8 Å². The van der Waals surface area contributed by atoms with Crippen molar-refractivity contribution in [2.75, 3.05) is 47.7 Å². The smallest absolute Gasteiger partial charge is 0.139 e. The molecule has 0 saturated heterocycles. The number of aromatic hydroxyl groups is 1. The number of nitrogens with one attached hydrogen (secondary N) is 2. The summed E-state index contributed by atoms with van der Waals surface area (Å²) < 4.78 is 0. The number of benzene rings is 4. The van der Waals surface area contributed by atoms with Gasteiger partial charge >= 0.3 is 0 Å². The summed E-state index contributed by atoms with van der Waals surface area (Å²) in [5, 5.41) is 15.7. The Morgan fingerprint density at radius 3 is 1.36 bits per heavy atom. The van der Waals surface area contributed by atoms with Crippen molar-refractivity contribution in [3.8, 4) is 28.0 Å². The highest BCUT2D eigenvalue weighted by Gasteiger charge is 2.05. The standard InChI is InChI=1S/C13H15N3O.C13H15N3/c1-16-12-6-8(2-4-10(12)14)9-3-5-11(15)13(17)7-9;1-16-13-8-10(4-7-12(13)15)9-2-5-11(14)6-3-9/h2-7,16-17H,14-15H2,1H3;2-8,16H,14-15H2,1H3. The highest BCUT2D eigenvalue weighted by atomic mass is 16.3. The monoisotopic (exact) mass is 442 g/mol. The van der Waals surface area contributed by atoms with Crippen molar-refractivity contribution in [1.29, 1.82) is 0 Å². The van der Waals surface area contributed by atoms with Gasteiger partial charge in [0.2, 0.25) is 0 Å². The van der Waals surface area contributed by atoms with E-state index in [2.05, 4.69) is 10.6 Å². The molecule has 33 heavy (non-hydrogen) atoms. The van der Waals surface area contributed by atoms with Crippen LogP contribution in [0.1, 0.15) is 0 Å². The molecule has 4 aromatic carbocycles. The average molecular weight is 443 g/mol. The number of rotatable bonds is 4. The first-order chi connectivity index (χ1) is 15.8. The predicted octanol–water partition coefficient (Wildman–Crippen LogP) is 4.83. The summed E-state index contributed by atoms with van der Waals surface area (Å²) in [5.41, 5.74) is 31.3. The molecule has 0 spiro atoms. The lowest BCUT2D eigenvalue weighted by molar-refractivity contribution is 0.478. The van der Waals surface area contributed by atoms with Crippen LogP contribution in [-0.4, -0.2) is 19.2 Å². The Balaban J connectivity index is 0.000000186. The average Bonchev–Trinajstić information content (AvgIpc) is 2.82. The summed E-state index contributed by atoms with van der Waals surface area (Å²) in [6.45, 7) is 0. The SMILES string of the molecule is CNc1cc(-c2ccc(N)c(O)c2)ccc1N.CNc1cc(-c2ccc(N)cc2)ccc1N. The summed E-state index contributed by atoms with van der Waals surface area (Å²) in [7, 11) is 3.67. The number of phenols is 1. The minimum Gasteiger partial charge on any atom is -0.506 e. The molecule has 0 saturated carbocycles. The van der Waals surface area contributed by atoms with Crippen molar-refractivity contribution in [2.45, 2.75) is 0 Å². The molecule has 7 heteroatoms. The summed E-state index contributed by atoms with van der Waals surface area (Å²) in [6.07, 6.45) is 0. The van der Waals surface area contributed by atoms with Gasteiger partial charge in [-0.15, -0.1) is 0 Å². The lowest BCUT2D eigenvalue weighted by atomic mass is 10.0. The van der Waals surface area contributed by atoms with Gasteiger partial charge in [0.1, 0.15) is 5.75 Å². The largest absolute Gasteiger partial charge is 0.506 e. The molecule has 0 bridgehead atoms. The van der Waals surface area contributed by atoms with Crippen LogP contribution in [0.2, 0.25) is 0 Å². The molecule has 0 aliphatic carbocycles. The normalized spacial score (nSPS) is 10.1. The van der Waals surface area contributed by atoms with Gasteiger partial charge in [-0.2, -0.15) is 0 Å². The molecule has 0 aliphatic heterocycles. The molecular formula is C26H30N6O. The van der Waals surface area contributed by atoms with Gasteiger partial charge in [0.25, 0.3) is 0 Å². The number of nitrogen functional groups attached to an aromatic ring is 4. The lowest BCUT2D eigenvalue weighted by Gasteiger charge is -2.09. The zero-order chi connectivity index (χ0) is 24.0. The number of nitrogens with two attached hydrogens (primary N) is 4. The maximum atomic E-state index is 9.58. The van der Waals surface area contributed by atoms with Gasteiger partial charge in [-0.05, 0) is 70.8 Å². The second kappa shape index (κ2) is 10.2. The van der Waals surface area contributed by atoms with Crippen LogP contribution in [-0.2, 0) is 0 Å². The fourth-order valence-electron chi connectivity index (χ4n) is 3.30. The minimum atomic E-state index is 0.0883. The Morgan fingerprint density at radius 1 is 0.515 bits per heavy atom. The van der Waals surface area contributed by atoms with E-state index in [0.717, 1.165) is 45.0 Å². The van der Waals surface area contributed by atoms with E-state index in [1.165, 1.54) is 0 Å². The van der Waals surface area contributed by atoms with E-state index in [1.54, 1.807) is 12.1 Å². The van der Waals surface area contributed by atoms with Gasteiger partial charge in [-0.25, -0.2) is 0 Å². The highest BCUT2D eigenvalue weighted by Crippen LogP contribution is 2.31. The summed E-state index contributed by atoms with van der Waals surface area (Å²) in [5.74, 6) is 0.0883. The third kappa shape index (κ3) is 5.59. The van der Waals surface area contributed by atoms with Crippen molar-refractivity contribution in [1.82, 2.24) is 0 Å². The van der Waals surface area contributed by atoms with Gasteiger partial charge in [-0.1, -0.05) is 30.3 Å². The van der Waals surface area contributed by atoms with Crippen molar-refractivity contribution in [2.24, 2.45) is 0 Å². The fraction of sp³-hybridized carbons (Fsp3) is 0.0769. The second-order valence-corrected chi connectivity index (χ2v) is 7.50. The molecule has 0 radical (unpaired) electrons. The van der Waals surface area contributed by atoms with E-state index >= 15 is 0 Å². The fourth-order valence-corrected chi connectivity index (χ4v) is 3.30. The molecule has 170 valence electrons. The molecule has 0 aromatic heterocycles. The second-order valence-electron chi connectivity index (χ2n) is 7.50. The van der Waals surface area contributed by atoms with Gasteiger partial charge in [-0.3, -0.25) is 0 Å². The van der Waals surface area contributed by atoms with Crippen LogP contribution < -0.4 is 33.6 Å². The van der Waals surface area contributed by atoms with Crippen LogP contribution in [0, 0.1) is 0 Å². The van der Waals surface area contributed by atoms with Crippen molar-refractivity contribution < 1.29 is 5.11 Å². The van der Waals surface area contributed by atoms with Crippen LogP contribution in [0.5, 0.6) is 5.75 Å². The van der Waals surface area contributed by atoms with Crippen LogP contribution in [0.15, 0.2) is 78.9 Å². The number of phenolic OH excluding ortho intramolecular Hbond substituents is 1. The molecule has 0 amide bonds. The van der Waals surface area contributed by atoms with Crippen LogP contribution in [0.25, 0.3) is 22.3 Å². The quantitative estimate of drug-likeness (QED) is 0.177. The van der Waals surface area contributed by atoms with E-state index in [-0.39, 0.29) is 5.75 Å². The summed E-state index contributed by atoms with van der Waals surface area (Å²) in [6, 6.07) is 24.6.